The maximum absolute atomic E-state index is 13.8. The number of carbonyl (C=O) groups excluding carboxylic acids is 1. The molecule has 1 aliphatic rings. The molecule has 176 valence electrons. The molecule has 9 heteroatoms. The molecule has 34 heavy (non-hydrogen) atoms. The zero-order valence-corrected chi connectivity index (χ0v) is 19.7. The second-order valence-electron chi connectivity index (χ2n) is 7.57. The third kappa shape index (κ3) is 5.48. The molecule has 0 aromatic heterocycles. The van der Waals surface area contributed by atoms with E-state index in [1.54, 1.807) is 23.1 Å². The minimum absolute atomic E-state index is 0.259. The molecule has 0 aliphatic carbocycles. The van der Waals surface area contributed by atoms with Gasteiger partial charge in [0.1, 0.15) is 12.4 Å². The van der Waals surface area contributed by atoms with Crippen LogP contribution in [0.25, 0.3) is 0 Å². The second-order valence-corrected chi connectivity index (χ2v) is 8.48. The summed E-state index contributed by atoms with van der Waals surface area (Å²) in [5, 5.41) is 8.92. The summed E-state index contributed by atoms with van der Waals surface area (Å²) >= 11 is 3.41. The second kappa shape index (κ2) is 10.6. The first kappa shape index (κ1) is 23.6. The van der Waals surface area contributed by atoms with Gasteiger partial charge in [-0.1, -0.05) is 28.1 Å². The summed E-state index contributed by atoms with van der Waals surface area (Å²) in [6.07, 6.45) is 0. The predicted molar refractivity (Wildman–Crippen MR) is 129 cm³/mol. The van der Waals surface area contributed by atoms with Crippen molar-refractivity contribution < 1.29 is 28.6 Å². The molecule has 0 radical (unpaired) electrons. The first-order chi connectivity index (χ1) is 16.4. The number of para-hydroxylation sites is 1. The number of benzene rings is 3. The van der Waals surface area contributed by atoms with Gasteiger partial charge in [-0.2, -0.15) is 0 Å². The summed E-state index contributed by atoms with van der Waals surface area (Å²) in [6.45, 7) is 1.29. The number of hydrogen-bond acceptors (Lipinski definition) is 5. The Morgan fingerprint density at radius 1 is 1.12 bits per heavy atom. The molecule has 4 rings (SSSR count). The monoisotopic (exact) mass is 528 g/mol. The van der Waals surface area contributed by atoms with Crippen LogP contribution in [0.3, 0.4) is 0 Å². The maximum Gasteiger partial charge on any atom is 0.341 e. The summed E-state index contributed by atoms with van der Waals surface area (Å²) < 4.78 is 25.8. The summed E-state index contributed by atoms with van der Waals surface area (Å²) in [4.78, 5) is 27.9. The Morgan fingerprint density at radius 2 is 1.88 bits per heavy atom. The molecule has 0 unspecified atom stereocenters. The average Bonchev–Trinajstić information content (AvgIpc) is 2.83. The minimum Gasteiger partial charge on any atom is -0.486 e. The lowest BCUT2D eigenvalue weighted by Crippen LogP contribution is -2.42. The van der Waals surface area contributed by atoms with E-state index in [1.165, 1.54) is 18.2 Å². The fourth-order valence-electron chi connectivity index (χ4n) is 3.73. The molecule has 1 aliphatic heterocycles. The molecule has 1 N–H and O–H groups in total. The van der Waals surface area contributed by atoms with Gasteiger partial charge in [0.15, 0.2) is 18.1 Å². The van der Waals surface area contributed by atoms with Crippen molar-refractivity contribution in [1.29, 1.82) is 0 Å². The molecule has 0 bridgehead atoms. The predicted octanol–water partition coefficient (Wildman–Crippen LogP) is 4.60. The van der Waals surface area contributed by atoms with E-state index in [1.807, 2.05) is 30.3 Å². The van der Waals surface area contributed by atoms with Gasteiger partial charge in [0.2, 0.25) is 0 Å². The third-order valence-corrected chi connectivity index (χ3v) is 5.83. The zero-order chi connectivity index (χ0) is 24.1. The lowest BCUT2D eigenvalue weighted by Gasteiger charge is -2.34. The summed E-state index contributed by atoms with van der Waals surface area (Å²) in [7, 11) is 0. The maximum atomic E-state index is 13.8. The minimum atomic E-state index is -1.08. The highest BCUT2D eigenvalue weighted by Crippen LogP contribution is 2.40. The number of fused-ring (bicyclic) bond motifs is 1. The van der Waals surface area contributed by atoms with Crippen LogP contribution in [0.5, 0.6) is 11.5 Å². The number of anilines is 2. The number of carboxylic acid groups (broad SMARTS) is 1. The Labute approximate surface area is 204 Å². The quantitative estimate of drug-likeness (QED) is 0.460. The number of hydrogen-bond donors (Lipinski definition) is 1. The van der Waals surface area contributed by atoms with Crippen molar-refractivity contribution in [3.63, 3.8) is 0 Å². The van der Waals surface area contributed by atoms with Gasteiger partial charge in [-0.05, 0) is 54.6 Å². The van der Waals surface area contributed by atoms with E-state index in [9.17, 15) is 14.0 Å². The third-order valence-electron chi connectivity index (χ3n) is 5.31. The molecule has 0 atom stereocenters. The van der Waals surface area contributed by atoms with Crippen molar-refractivity contribution in [2.45, 2.75) is 0 Å². The van der Waals surface area contributed by atoms with Crippen LogP contribution in [0.2, 0.25) is 0 Å². The molecule has 3 aromatic rings. The number of carbonyl (C=O) groups is 2. The van der Waals surface area contributed by atoms with Gasteiger partial charge in [0, 0.05) is 28.8 Å². The van der Waals surface area contributed by atoms with Crippen LogP contribution < -0.4 is 19.3 Å². The summed E-state index contributed by atoms with van der Waals surface area (Å²) in [5.41, 5.74) is 1.70. The topological polar surface area (TPSA) is 79.3 Å². The number of carboxylic acids is 1. The molecular formula is C25H22BrFN2O5. The highest BCUT2D eigenvalue weighted by molar-refractivity contribution is 9.10. The van der Waals surface area contributed by atoms with Crippen LogP contribution in [-0.4, -0.2) is 49.8 Å². The van der Waals surface area contributed by atoms with E-state index < -0.39 is 18.4 Å². The number of halogens is 2. The standard InChI is InChI=1S/C25H22BrFN2O5/c26-18-7-9-20(10-8-18)29(25(32)17-3-1-4-19(27)15-17)12-11-28-13-14-33-24-21(28)5-2-6-22(24)34-16-23(30)31/h1-10,15H,11-14,16H2,(H,30,31). The zero-order valence-electron chi connectivity index (χ0n) is 18.1. The SMILES string of the molecule is O=C(O)COc1cccc2c1OCCN2CCN(C(=O)c1cccc(F)c1)c1ccc(Br)cc1. The van der Waals surface area contributed by atoms with Crippen LogP contribution in [0.4, 0.5) is 15.8 Å². The molecular weight excluding hydrogens is 507 g/mol. The van der Waals surface area contributed by atoms with Gasteiger partial charge in [0.25, 0.3) is 5.91 Å². The number of ether oxygens (including phenoxy) is 2. The number of amides is 1. The van der Waals surface area contributed by atoms with Crippen molar-refractivity contribution in [3.8, 4) is 11.5 Å². The Morgan fingerprint density at radius 3 is 2.62 bits per heavy atom. The van der Waals surface area contributed by atoms with Crippen LogP contribution in [0.15, 0.2) is 71.2 Å². The average molecular weight is 529 g/mol. The van der Waals surface area contributed by atoms with E-state index in [-0.39, 0.29) is 11.5 Å². The van der Waals surface area contributed by atoms with Gasteiger partial charge < -0.3 is 24.4 Å². The number of aliphatic carboxylic acids is 1. The van der Waals surface area contributed by atoms with E-state index in [0.717, 1.165) is 10.2 Å². The Bertz CT molecular complexity index is 1190. The lowest BCUT2D eigenvalue weighted by atomic mass is 10.1. The van der Waals surface area contributed by atoms with Crippen LogP contribution in [-0.2, 0) is 4.79 Å². The Hall–Kier alpha value is -3.59. The van der Waals surface area contributed by atoms with Gasteiger partial charge >= 0.3 is 5.97 Å². The van der Waals surface area contributed by atoms with Crippen molar-refractivity contribution in [2.24, 2.45) is 0 Å². The van der Waals surface area contributed by atoms with Gasteiger partial charge in [-0.15, -0.1) is 0 Å². The fraction of sp³-hybridized carbons (Fsp3) is 0.200. The first-order valence-corrected chi connectivity index (χ1v) is 11.4. The van der Waals surface area contributed by atoms with E-state index in [0.29, 0.717) is 43.4 Å². The summed E-state index contributed by atoms with van der Waals surface area (Å²) in [5.74, 6) is -1.04. The highest BCUT2D eigenvalue weighted by atomic mass is 79.9. The Kier molecular flexibility index (Phi) is 7.32. The fourth-order valence-corrected chi connectivity index (χ4v) is 3.99. The molecule has 0 saturated heterocycles. The van der Waals surface area contributed by atoms with Crippen molar-refractivity contribution in [2.75, 3.05) is 42.6 Å². The van der Waals surface area contributed by atoms with Crippen molar-refractivity contribution in [1.82, 2.24) is 0 Å². The molecule has 0 fully saturated rings. The van der Waals surface area contributed by atoms with E-state index in [2.05, 4.69) is 20.8 Å². The van der Waals surface area contributed by atoms with Crippen LogP contribution in [0, 0.1) is 5.82 Å². The molecule has 0 saturated carbocycles. The van der Waals surface area contributed by atoms with E-state index >= 15 is 0 Å². The highest BCUT2D eigenvalue weighted by Gasteiger charge is 2.24. The largest absolute Gasteiger partial charge is 0.486 e. The molecule has 0 spiro atoms. The normalized spacial score (nSPS) is 12.5. The van der Waals surface area contributed by atoms with Crippen molar-refractivity contribution in [3.05, 3.63) is 82.6 Å². The van der Waals surface area contributed by atoms with E-state index in [4.69, 9.17) is 14.6 Å². The van der Waals surface area contributed by atoms with Crippen LogP contribution >= 0.6 is 15.9 Å². The molecule has 1 heterocycles. The summed E-state index contributed by atoms with van der Waals surface area (Å²) in [6, 6.07) is 18.3. The molecule has 1 amide bonds. The van der Waals surface area contributed by atoms with Gasteiger partial charge in [-0.25, -0.2) is 9.18 Å². The smallest absolute Gasteiger partial charge is 0.341 e. The Balaban J connectivity index is 1.58. The molecule has 3 aromatic carbocycles. The number of rotatable bonds is 8. The van der Waals surface area contributed by atoms with Crippen molar-refractivity contribution >= 4 is 39.2 Å². The lowest BCUT2D eigenvalue weighted by molar-refractivity contribution is -0.139. The van der Waals surface area contributed by atoms with Gasteiger partial charge in [0.05, 0.1) is 12.2 Å². The molecule has 7 nitrogen and oxygen atoms in total. The number of nitrogens with zero attached hydrogens (tertiary/aromatic N) is 2. The van der Waals surface area contributed by atoms with Crippen LogP contribution in [0.1, 0.15) is 10.4 Å². The first-order valence-electron chi connectivity index (χ1n) is 10.6. The van der Waals surface area contributed by atoms with Gasteiger partial charge in [-0.3, -0.25) is 4.79 Å².